The smallest absolute Gasteiger partial charge is 0.354 e. The number of nitrogens with one attached hydrogen (secondary N) is 7. The number of aliphatic hydroxyl groups is 1. The van der Waals surface area contributed by atoms with Crippen LogP contribution in [0.2, 0.25) is 0 Å². The number of alkyl halides is 4. The molecule has 61 heavy (non-hydrogen) atoms. The highest BCUT2D eigenvalue weighted by Gasteiger charge is 2.81. The summed E-state index contributed by atoms with van der Waals surface area (Å²) < 4.78 is 71.6. The molecule has 1 aromatic carbocycles. The molecule has 332 valence electrons. The number of hydrogen-bond acceptors (Lipinski definition) is 12. The highest BCUT2D eigenvalue weighted by Crippen LogP contribution is 2.64. The van der Waals surface area contributed by atoms with Gasteiger partial charge in [0.05, 0.1) is 13.0 Å². The van der Waals surface area contributed by atoms with Gasteiger partial charge in [0, 0.05) is 37.9 Å². The molecule has 1 spiro atoms. The maximum absolute atomic E-state index is 16.5. The van der Waals surface area contributed by atoms with Crippen molar-refractivity contribution in [1.82, 2.24) is 42.1 Å². The predicted octanol–water partition coefficient (Wildman–Crippen LogP) is -1.62. The van der Waals surface area contributed by atoms with Crippen LogP contribution in [0.1, 0.15) is 38.7 Å². The quantitative estimate of drug-likeness (QED) is 0.126. The van der Waals surface area contributed by atoms with Crippen molar-refractivity contribution in [2.24, 2.45) is 0 Å². The van der Waals surface area contributed by atoms with E-state index in [-0.39, 0.29) is 49.3 Å². The van der Waals surface area contributed by atoms with Gasteiger partial charge in [-0.25, -0.2) is 0 Å². The number of nitrogens with zero attached hydrogens (tertiary/aromatic N) is 1. The van der Waals surface area contributed by atoms with Crippen molar-refractivity contribution >= 4 is 70.8 Å². The number of halogens is 4. The molecule has 8 amide bonds. The number of allylic oxidation sites excluding steroid dienone is 1. The Kier molecular flexibility index (Phi) is 13.5. The second-order valence-electron chi connectivity index (χ2n) is 15.0. The molecule has 6 aliphatic rings. The summed E-state index contributed by atoms with van der Waals surface area (Å²) in [5.74, 6) is -20.7. The van der Waals surface area contributed by atoms with Crippen LogP contribution in [0.15, 0.2) is 41.0 Å². The summed E-state index contributed by atoms with van der Waals surface area (Å²) >= 11 is 0.247. The maximum atomic E-state index is 16.5. The van der Waals surface area contributed by atoms with E-state index in [4.69, 9.17) is 4.74 Å². The molecule has 4 fully saturated rings. The van der Waals surface area contributed by atoms with Crippen molar-refractivity contribution in [3.05, 3.63) is 46.6 Å². The number of amides is 8. The van der Waals surface area contributed by atoms with E-state index in [1.54, 1.807) is 30.3 Å². The third kappa shape index (κ3) is 8.97. The van der Waals surface area contributed by atoms with Gasteiger partial charge in [0.15, 0.2) is 5.76 Å². The molecule has 0 radical (unpaired) electrons. The Hall–Kier alpha value is -5.10. The number of fused-ring (bicyclic) bond motifs is 10. The van der Waals surface area contributed by atoms with E-state index in [0.29, 0.717) is 5.56 Å². The van der Waals surface area contributed by atoms with Crippen molar-refractivity contribution in [3.8, 4) is 0 Å². The Labute approximate surface area is 354 Å². The number of hydrogen-bond donors (Lipinski definition) is 8. The van der Waals surface area contributed by atoms with Crippen LogP contribution in [0.25, 0.3) is 0 Å². The summed E-state index contributed by atoms with van der Waals surface area (Å²) in [7, 11) is 0. The van der Waals surface area contributed by atoms with Crippen molar-refractivity contribution in [3.63, 3.8) is 0 Å². The minimum absolute atomic E-state index is 0.0150. The lowest BCUT2D eigenvalue weighted by atomic mass is 10.0. The number of thioether (sulfide) groups is 2. The van der Waals surface area contributed by atoms with Crippen LogP contribution in [0.3, 0.4) is 0 Å². The van der Waals surface area contributed by atoms with Crippen molar-refractivity contribution < 1.29 is 65.8 Å². The van der Waals surface area contributed by atoms with Gasteiger partial charge in [-0.2, -0.15) is 17.6 Å². The number of benzene rings is 1. The normalized spacial score (nSPS) is 32.3. The lowest BCUT2D eigenvalue weighted by molar-refractivity contribution is -0.192. The van der Waals surface area contributed by atoms with Crippen LogP contribution in [0.5, 0.6) is 0 Å². The monoisotopic (exact) mass is 900 g/mol. The second-order valence-corrected chi connectivity index (χ2v) is 17.3. The van der Waals surface area contributed by atoms with Gasteiger partial charge >= 0.3 is 11.8 Å². The molecule has 8 atom stereocenters. The van der Waals surface area contributed by atoms with Crippen LogP contribution in [-0.4, -0.2) is 148 Å². The van der Waals surface area contributed by atoms with E-state index in [1.807, 2.05) is 5.32 Å². The van der Waals surface area contributed by atoms with Crippen molar-refractivity contribution in [2.75, 3.05) is 31.2 Å². The Balaban J connectivity index is 1.50. The molecule has 7 rings (SSSR count). The fourth-order valence-electron chi connectivity index (χ4n) is 7.59. The van der Waals surface area contributed by atoms with Gasteiger partial charge in [-0.1, -0.05) is 30.3 Å². The number of carbonyl (C=O) groups is 8. The Morgan fingerprint density at radius 2 is 1.62 bits per heavy atom. The average molecular weight is 901 g/mol. The first kappa shape index (κ1) is 45.4. The highest BCUT2D eigenvalue weighted by atomic mass is 32.2. The first-order valence-corrected chi connectivity index (χ1v) is 21.2. The van der Waals surface area contributed by atoms with E-state index in [2.05, 4.69) is 31.9 Å². The molecule has 5 heterocycles. The summed E-state index contributed by atoms with van der Waals surface area (Å²) in [5.41, 5.74) is 0.488. The van der Waals surface area contributed by atoms with E-state index in [1.165, 1.54) is 0 Å². The number of carbonyl (C=O) groups excluding carboxylic acids is 8. The standard InChI is InChI=1S/C37H44F4N8O10S2/c1-17-26-33(57)44-20(13-19-7-4-3-5-8-19)29(53)45-22(15-50)30(54)46-23-16-61-36(48-31(23)55)27(59-17)28(35(38,39)37(36,40)41)60-12-10-42-25(52)14-21(43-18(2)51)34(58)49-11-6-9-24(49)32(56)47-26/h3-5,7-8,17,20-24,26,50H,6,9-16H2,1-2H3,(H,42,52)(H,43,51)(H,44,57)(H,45,53)(H,46,54)(H,47,56)(H,48,55)/t17?,20-,21-,22-,23?,24-,26?,36?/m0/s1. The summed E-state index contributed by atoms with van der Waals surface area (Å²) in [6.07, 6.45) is -2.46. The van der Waals surface area contributed by atoms with Gasteiger partial charge < -0.3 is 52.0 Å². The van der Waals surface area contributed by atoms with Crippen LogP contribution < -0.4 is 37.2 Å². The molecular weight excluding hydrogens is 857 g/mol. The first-order chi connectivity index (χ1) is 28.8. The fourth-order valence-corrected chi connectivity index (χ4v) is 10.1. The third-order valence-electron chi connectivity index (χ3n) is 10.7. The third-order valence-corrected chi connectivity index (χ3v) is 13.3. The van der Waals surface area contributed by atoms with Crippen LogP contribution >= 0.6 is 23.5 Å². The Morgan fingerprint density at radius 1 is 0.934 bits per heavy atom. The summed E-state index contributed by atoms with van der Waals surface area (Å²) in [6, 6.07) is -1.62. The van der Waals surface area contributed by atoms with Gasteiger partial charge in [0.1, 0.15) is 47.3 Å². The summed E-state index contributed by atoms with van der Waals surface area (Å²) in [4.78, 5) is 105. The second kappa shape index (κ2) is 18.1. The molecule has 8 N–H and O–H groups in total. The molecule has 4 bridgehead atoms. The van der Waals surface area contributed by atoms with Gasteiger partial charge in [-0.15, -0.1) is 23.5 Å². The van der Waals surface area contributed by atoms with Crippen LogP contribution in [-0.2, 0) is 49.5 Å². The highest BCUT2D eigenvalue weighted by molar-refractivity contribution is 8.03. The zero-order valence-corrected chi connectivity index (χ0v) is 34.3. The fraction of sp³-hybridized carbons (Fsp3) is 0.568. The first-order valence-electron chi connectivity index (χ1n) is 19.3. The van der Waals surface area contributed by atoms with Crippen molar-refractivity contribution in [2.45, 2.75) is 98.6 Å². The van der Waals surface area contributed by atoms with Gasteiger partial charge in [0.25, 0.3) is 0 Å². The maximum Gasteiger partial charge on any atom is 0.354 e. The van der Waals surface area contributed by atoms with E-state index in [0.717, 1.165) is 18.7 Å². The Bertz CT molecular complexity index is 2000. The zero-order chi connectivity index (χ0) is 44.4. The molecule has 24 heteroatoms. The molecule has 4 saturated heterocycles. The molecule has 18 nitrogen and oxygen atoms in total. The lowest BCUT2D eigenvalue weighted by Gasteiger charge is -2.43. The number of ether oxygens (including phenoxy) is 1. The lowest BCUT2D eigenvalue weighted by Crippen LogP contribution is -2.69. The Morgan fingerprint density at radius 3 is 2.30 bits per heavy atom. The van der Waals surface area contributed by atoms with Crippen molar-refractivity contribution in [1.29, 1.82) is 0 Å². The van der Waals surface area contributed by atoms with E-state index < -0.39 is 148 Å². The minimum atomic E-state index is -5.14. The molecule has 0 saturated carbocycles. The number of aliphatic hydroxyl groups excluding tert-OH is 1. The molecule has 4 unspecified atom stereocenters. The largest absolute Gasteiger partial charge is 0.488 e. The number of rotatable bonds is 4. The van der Waals surface area contributed by atoms with Gasteiger partial charge in [-0.3, -0.25) is 38.4 Å². The summed E-state index contributed by atoms with van der Waals surface area (Å²) in [6.45, 7) is 0.730. The van der Waals surface area contributed by atoms with E-state index in [9.17, 15) is 43.5 Å². The average Bonchev–Trinajstić information content (AvgIpc) is 3.74. The predicted molar refractivity (Wildman–Crippen MR) is 208 cm³/mol. The van der Waals surface area contributed by atoms with E-state index >= 15 is 17.6 Å². The van der Waals surface area contributed by atoms with Gasteiger partial charge in [0.2, 0.25) is 52.1 Å². The SMILES string of the molecule is CC(=O)N[C@H]1CC(=O)NCCSC2=C3OC(C)C(NC(=O)[C@@H]4CCCN4C1=O)C(=O)N[C@@H](Cc1ccccc1)C(=O)N[C@@H](CO)C(=O)NC1CSC3(NC1=O)C(F)(F)C2(F)F. The molecule has 1 aliphatic carbocycles. The van der Waals surface area contributed by atoms with Crippen LogP contribution in [0.4, 0.5) is 17.6 Å². The molecule has 5 aliphatic heterocycles. The molecule has 0 aromatic heterocycles. The molecule has 1 aromatic rings. The topological polar surface area (TPSA) is 253 Å². The summed E-state index contributed by atoms with van der Waals surface area (Å²) in [5, 5.41) is 26.4. The van der Waals surface area contributed by atoms with Crippen LogP contribution in [0, 0.1) is 0 Å². The molecular formula is C37H44F4N8O10S2. The minimum Gasteiger partial charge on any atom is -0.488 e. The van der Waals surface area contributed by atoms with Gasteiger partial charge in [-0.05, 0) is 25.3 Å². The zero-order valence-electron chi connectivity index (χ0n) is 32.7.